The van der Waals surface area contributed by atoms with Crippen LogP contribution in [0.1, 0.15) is 44.2 Å². The molecule has 0 aliphatic rings. The van der Waals surface area contributed by atoms with E-state index < -0.39 is 0 Å². The van der Waals surface area contributed by atoms with Crippen LogP contribution < -0.4 is 10.1 Å². The molecule has 0 aliphatic carbocycles. The van der Waals surface area contributed by atoms with Crippen LogP contribution in [0.15, 0.2) is 18.2 Å². The maximum Gasteiger partial charge on any atom is 0.122 e. The molecule has 0 spiro atoms. The summed E-state index contributed by atoms with van der Waals surface area (Å²) in [5, 5.41) is 3.49. The molecule has 1 aromatic carbocycles. The topological polar surface area (TPSA) is 21.3 Å². The fraction of sp³-hybridized carbons (Fsp3) is 0.647. The molecule has 19 heavy (non-hydrogen) atoms. The molecule has 2 nitrogen and oxygen atoms in total. The van der Waals surface area contributed by atoms with Crippen molar-refractivity contribution >= 4 is 0 Å². The van der Waals surface area contributed by atoms with Crippen LogP contribution in [-0.2, 0) is 6.42 Å². The van der Waals surface area contributed by atoms with E-state index in [1.54, 1.807) is 7.11 Å². The van der Waals surface area contributed by atoms with Crippen molar-refractivity contribution in [2.24, 2.45) is 5.92 Å². The minimum atomic E-state index is 0.747. The van der Waals surface area contributed by atoms with E-state index in [-0.39, 0.29) is 0 Å². The second-order valence-electron chi connectivity index (χ2n) is 5.72. The fourth-order valence-electron chi connectivity index (χ4n) is 2.24. The Bertz CT molecular complexity index is 360. The quantitative estimate of drug-likeness (QED) is 0.681. The summed E-state index contributed by atoms with van der Waals surface area (Å²) >= 11 is 0. The van der Waals surface area contributed by atoms with E-state index in [1.807, 2.05) is 0 Å². The van der Waals surface area contributed by atoms with Gasteiger partial charge in [0.15, 0.2) is 0 Å². The van der Waals surface area contributed by atoms with E-state index >= 15 is 0 Å². The van der Waals surface area contributed by atoms with Crippen LogP contribution in [0.3, 0.4) is 0 Å². The third kappa shape index (κ3) is 6.63. The summed E-state index contributed by atoms with van der Waals surface area (Å²) in [6.45, 7) is 8.90. The Morgan fingerprint density at radius 3 is 2.63 bits per heavy atom. The molecule has 0 bridgehead atoms. The third-order valence-corrected chi connectivity index (χ3v) is 3.29. The lowest BCUT2D eigenvalue weighted by Crippen LogP contribution is -2.20. The molecule has 0 saturated carbocycles. The van der Waals surface area contributed by atoms with Crippen molar-refractivity contribution < 1.29 is 4.74 Å². The highest BCUT2D eigenvalue weighted by atomic mass is 16.5. The van der Waals surface area contributed by atoms with Crippen molar-refractivity contribution in [1.29, 1.82) is 0 Å². The van der Waals surface area contributed by atoms with Crippen LogP contribution in [0.4, 0.5) is 0 Å². The highest BCUT2D eigenvalue weighted by Crippen LogP contribution is 2.21. The second-order valence-corrected chi connectivity index (χ2v) is 5.72. The maximum atomic E-state index is 5.41. The molecular formula is C17H29NO. The summed E-state index contributed by atoms with van der Waals surface area (Å²) in [7, 11) is 1.75. The van der Waals surface area contributed by atoms with E-state index in [2.05, 4.69) is 44.3 Å². The zero-order valence-corrected chi connectivity index (χ0v) is 13.0. The monoisotopic (exact) mass is 263 g/mol. The SMILES string of the molecule is COc1ccc(C)cc1CCCCCNCC(C)C. The van der Waals surface area contributed by atoms with E-state index in [1.165, 1.54) is 30.4 Å². The first-order valence-electron chi connectivity index (χ1n) is 7.47. The molecule has 0 radical (unpaired) electrons. The molecule has 1 N–H and O–H groups in total. The van der Waals surface area contributed by atoms with Gasteiger partial charge in [0.25, 0.3) is 0 Å². The predicted octanol–water partition coefficient (Wildman–Crippen LogP) is 3.96. The number of hydrogen-bond acceptors (Lipinski definition) is 2. The van der Waals surface area contributed by atoms with Gasteiger partial charge in [-0.05, 0) is 56.8 Å². The van der Waals surface area contributed by atoms with Gasteiger partial charge in [0.2, 0.25) is 0 Å². The standard InChI is InChI=1S/C17H29NO/c1-14(2)13-18-11-7-5-6-8-16-12-15(3)9-10-17(16)19-4/h9-10,12,14,18H,5-8,11,13H2,1-4H3. The van der Waals surface area contributed by atoms with Gasteiger partial charge >= 0.3 is 0 Å². The Hall–Kier alpha value is -1.02. The van der Waals surface area contributed by atoms with Crippen LogP contribution in [0.25, 0.3) is 0 Å². The van der Waals surface area contributed by atoms with Gasteiger partial charge < -0.3 is 10.1 Å². The number of unbranched alkanes of at least 4 members (excludes halogenated alkanes) is 2. The van der Waals surface area contributed by atoms with Crippen molar-refractivity contribution in [1.82, 2.24) is 5.32 Å². The van der Waals surface area contributed by atoms with Crippen LogP contribution >= 0.6 is 0 Å². The van der Waals surface area contributed by atoms with Crippen molar-refractivity contribution in [2.45, 2.75) is 46.5 Å². The normalized spacial score (nSPS) is 11.0. The molecule has 0 aromatic heterocycles. The maximum absolute atomic E-state index is 5.41. The first-order chi connectivity index (χ1) is 9.13. The summed E-state index contributed by atoms with van der Waals surface area (Å²) in [5.41, 5.74) is 2.66. The summed E-state index contributed by atoms with van der Waals surface area (Å²) in [6.07, 6.45) is 4.90. The minimum Gasteiger partial charge on any atom is -0.496 e. The Balaban J connectivity index is 2.20. The largest absolute Gasteiger partial charge is 0.496 e. The van der Waals surface area contributed by atoms with Crippen molar-refractivity contribution in [3.63, 3.8) is 0 Å². The van der Waals surface area contributed by atoms with Gasteiger partial charge in [-0.3, -0.25) is 0 Å². The number of ether oxygens (including phenoxy) is 1. The zero-order chi connectivity index (χ0) is 14.1. The Labute approximate surface area is 118 Å². The third-order valence-electron chi connectivity index (χ3n) is 3.29. The molecule has 1 rings (SSSR count). The van der Waals surface area contributed by atoms with Crippen LogP contribution in [0.5, 0.6) is 5.75 Å². The van der Waals surface area contributed by atoms with Crippen molar-refractivity contribution in [3.8, 4) is 5.75 Å². The number of aryl methyl sites for hydroxylation is 2. The molecule has 1 aromatic rings. The van der Waals surface area contributed by atoms with Crippen LogP contribution in [0, 0.1) is 12.8 Å². The Morgan fingerprint density at radius 1 is 1.16 bits per heavy atom. The highest BCUT2D eigenvalue weighted by molar-refractivity contribution is 5.36. The van der Waals surface area contributed by atoms with Gasteiger partial charge in [-0.15, -0.1) is 0 Å². The number of hydrogen-bond donors (Lipinski definition) is 1. The minimum absolute atomic E-state index is 0.747. The van der Waals surface area contributed by atoms with Crippen molar-refractivity contribution in [3.05, 3.63) is 29.3 Å². The average molecular weight is 263 g/mol. The average Bonchev–Trinajstić information content (AvgIpc) is 2.37. The molecule has 0 heterocycles. The first kappa shape index (κ1) is 16.0. The highest BCUT2D eigenvalue weighted by Gasteiger charge is 2.02. The summed E-state index contributed by atoms with van der Waals surface area (Å²) in [4.78, 5) is 0. The molecule has 0 atom stereocenters. The van der Waals surface area contributed by atoms with Gasteiger partial charge in [-0.2, -0.15) is 0 Å². The number of benzene rings is 1. The Morgan fingerprint density at radius 2 is 1.95 bits per heavy atom. The fourth-order valence-corrected chi connectivity index (χ4v) is 2.24. The van der Waals surface area contributed by atoms with E-state index in [9.17, 15) is 0 Å². The number of nitrogens with one attached hydrogen (secondary N) is 1. The lowest BCUT2D eigenvalue weighted by Gasteiger charge is -2.10. The van der Waals surface area contributed by atoms with Gasteiger partial charge in [-0.1, -0.05) is 38.0 Å². The van der Waals surface area contributed by atoms with Gasteiger partial charge in [0.1, 0.15) is 5.75 Å². The smallest absolute Gasteiger partial charge is 0.122 e. The van der Waals surface area contributed by atoms with E-state index in [0.29, 0.717) is 0 Å². The predicted molar refractivity (Wildman–Crippen MR) is 83.0 cm³/mol. The molecule has 0 aliphatic heterocycles. The molecule has 2 heteroatoms. The summed E-state index contributed by atoms with van der Waals surface area (Å²) < 4.78 is 5.41. The van der Waals surface area contributed by atoms with Gasteiger partial charge in [0.05, 0.1) is 7.11 Å². The lowest BCUT2D eigenvalue weighted by atomic mass is 10.0. The second kappa shape index (κ2) is 8.98. The molecular weight excluding hydrogens is 234 g/mol. The van der Waals surface area contributed by atoms with Crippen LogP contribution in [0.2, 0.25) is 0 Å². The Kier molecular flexibility index (Phi) is 7.57. The molecule has 108 valence electrons. The summed E-state index contributed by atoms with van der Waals surface area (Å²) in [6, 6.07) is 6.43. The molecule has 0 unspecified atom stereocenters. The zero-order valence-electron chi connectivity index (χ0n) is 13.0. The van der Waals surface area contributed by atoms with E-state index in [4.69, 9.17) is 4.74 Å². The molecule has 0 fully saturated rings. The van der Waals surface area contributed by atoms with Crippen LogP contribution in [-0.4, -0.2) is 20.2 Å². The summed E-state index contributed by atoms with van der Waals surface area (Å²) in [5.74, 6) is 1.78. The molecule has 0 saturated heterocycles. The lowest BCUT2D eigenvalue weighted by molar-refractivity contribution is 0.408. The van der Waals surface area contributed by atoms with E-state index in [0.717, 1.165) is 31.2 Å². The first-order valence-corrected chi connectivity index (χ1v) is 7.47. The van der Waals surface area contributed by atoms with Gasteiger partial charge in [-0.25, -0.2) is 0 Å². The van der Waals surface area contributed by atoms with Gasteiger partial charge in [0, 0.05) is 0 Å². The van der Waals surface area contributed by atoms with Crippen molar-refractivity contribution in [2.75, 3.05) is 20.2 Å². The number of rotatable bonds is 9. The number of methoxy groups -OCH3 is 1. The molecule has 0 amide bonds.